The lowest BCUT2D eigenvalue weighted by Gasteiger charge is -2.14. The zero-order valence-electron chi connectivity index (χ0n) is 15.3. The number of nitrogens with zero attached hydrogens (tertiary/aromatic N) is 1. The molecule has 3 rings (SSSR count). The minimum absolute atomic E-state index is 0.241. The van der Waals surface area contributed by atoms with Gasteiger partial charge in [-0.2, -0.15) is 11.3 Å². The summed E-state index contributed by atoms with van der Waals surface area (Å²) in [5.41, 5.74) is 3.27. The maximum Gasteiger partial charge on any atom is 0.251 e. The van der Waals surface area contributed by atoms with Crippen molar-refractivity contribution in [1.82, 2.24) is 10.3 Å². The molecular formula is C20H20N2O4S. The molecule has 2 heterocycles. The van der Waals surface area contributed by atoms with Crippen LogP contribution in [0, 0.1) is 0 Å². The molecule has 0 radical (unpaired) electrons. The van der Waals surface area contributed by atoms with Gasteiger partial charge >= 0.3 is 0 Å². The number of aromatic nitrogens is 1. The van der Waals surface area contributed by atoms with Gasteiger partial charge in [-0.3, -0.25) is 9.78 Å². The summed E-state index contributed by atoms with van der Waals surface area (Å²) in [5, 5.41) is 6.97. The molecule has 0 saturated carbocycles. The Morgan fingerprint density at radius 1 is 1.11 bits per heavy atom. The predicted molar refractivity (Wildman–Crippen MR) is 105 cm³/mol. The van der Waals surface area contributed by atoms with Gasteiger partial charge in [0.05, 0.1) is 27.0 Å². The molecule has 0 saturated heterocycles. The van der Waals surface area contributed by atoms with Crippen molar-refractivity contribution in [2.75, 3.05) is 21.3 Å². The molecule has 0 atom stereocenters. The van der Waals surface area contributed by atoms with E-state index in [1.165, 1.54) is 21.3 Å². The van der Waals surface area contributed by atoms with Crippen molar-refractivity contribution in [1.29, 1.82) is 0 Å². The van der Waals surface area contributed by atoms with Gasteiger partial charge in [-0.15, -0.1) is 0 Å². The molecule has 1 aromatic carbocycles. The summed E-state index contributed by atoms with van der Waals surface area (Å²) in [6, 6.07) is 9.07. The van der Waals surface area contributed by atoms with Crippen molar-refractivity contribution in [3.8, 4) is 28.5 Å². The number of thiophene rings is 1. The molecule has 0 aliphatic carbocycles. The Labute approximate surface area is 161 Å². The van der Waals surface area contributed by atoms with Gasteiger partial charge < -0.3 is 19.5 Å². The molecule has 0 aliphatic heterocycles. The topological polar surface area (TPSA) is 69.7 Å². The summed E-state index contributed by atoms with van der Waals surface area (Å²) in [6.45, 7) is 0.356. The molecule has 0 fully saturated rings. The number of hydrogen-bond donors (Lipinski definition) is 1. The van der Waals surface area contributed by atoms with Crippen LogP contribution in [-0.4, -0.2) is 32.2 Å². The van der Waals surface area contributed by atoms with Gasteiger partial charge in [-0.25, -0.2) is 0 Å². The maximum absolute atomic E-state index is 12.7. The van der Waals surface area contributed by atoms with Crippen LogP contribution in [-0.2, 0) is 6.54 Å². The predicted octanol–water partition coefficient (Wildman–Crippen LogP) is 3.77. The zero-order valence-corrected chi connectivity index (χ0v) is 16.1. The van der Waals surface area contributed by atoms with Crippen LogP contribution in [0.2, 0.25) is 0 Å². The van der Waals surface area contributed by atoms with Crippen LogP contribution in [0.5, 0.6) is 17.2 Å². The summed E-state index contributed by atoms with van der Waals surface area (Å²) in [4.78, 5) is 17.1. The van der Waals surface area contributed by atoms with Crippen molar-refractivity contribution in [3.05, 3.63) is 58.4 Å². The monoisotopic (exact) mass is 384 g/mol. The van der Waals surface area contributed by atoms with E-state index in [4.69, 9.17) is 14.2 Å². The molecular weight excluding hydrogens is 364 g/mol. The quantitative estimate of drug-likeness (QED) is 0.672. The van der Waals surface area contributed by atoms with E-state index in [1.807, 2.05) is 29.0 Å². The highest BCUT2D eigenvalue weighted by Gasteiger charge is 2.17. The van der Waals surface area contributed by atoms with Crippen LogP contribution in [0.1, 0.15) is 15.9 Å². The second-order valence-corrected chi connectivity index (χ2v) is 6.40. The largest absolute Gasteiger partial charge is 0.493 e. The fraction of sp³-hybridized carbons (Fsp3) is 0.200. The van der Waals surface area contributed by atoms with E-state index >= 15 is 0 Å². The van der Waals surface area contributed by atoms with Crippen molar-refractivity contribution in [3.63, 3.8) is 0 Å². The highest BCUT2D eigenvalue weighted by molar-refractivity contribution is 7.08. The van der Waals surface area contributed by atoms with Gasteiger partial charge in [0.15, 0.2) is 11.5 Å². The Balaban J connectivity index is 1.81. The number of carbonyl (C=O) groups excluding carboxylic acids is 1. The van der Waals surface area contributed by atoms with Gasteiger partial charge in [0, 0.05) is 29.2 Å². The molecule has 3 aromatic rings. The first-order valence-corrected chi connectivity index (χ1v) is 9.17. The lowest BCUT2D eigenvalue weighted by Crippen LogP contribution is -2.23. The molecule has 0 spiro atoms. The average molecular weight is 384 g/mol. The van der Waals surface area contributed by atoms with E-state index in [2.05, 4.69) is 10.3 Å². The van der Waals surface area contributed by atoms with Crippen LogP contribution in [0.25, 0.3) is 11.3 Å². The number of amides is 1. The number of hydrogen-bond acceptors (Lipinski definition) is 6. The zero-order chi connectivity index (χ0) is 19.2. The number of rotatable bonds is 7. The Morgan fingerprint density at radius 3 is 2.44 bits per heavy atom. The third-order valence-electron chi connectivity index (χ3n) is 4.05. The molecule has 1 N–H and O–H groups in total. The summed E-state index contributed by atoms with van der Waals surface area (Å²) in [6.07, 6.45) is 1.75. The second-order valence-electron chi connectivity index (χ2n) is 5.62. The van der Waals surface area contributed by atoms with Crippen molar-refractivity contribution >= 4 is 17.2 Å². The summed E-state index contributed by atoms with van der Waals surface area (Å²) in [5.74, 6) is 1.07. The van der Waals surface area contributed by atoms with Crippen LogP contribution in [0.15, 0.2) is 47.3 Å². The van der Waals surface area contributed by atoms with Crippen molar-refractivity contribution in [2.45, 2.75) is 6.54 Å². The van der Waals surface area contributed by atoms with Crippen LogP contribution in [0.3, 0.4) is 0 Å². The molecule has 27 heavy (non-hydrogen) atoms. The lowest BCUT2D eigenvalue weighted by molar-refractivity contribution is 0.0950. The van der Waals surface area contributed by atoms with Gasteiger partial charge in [0.1, 0.15) is 0 Å². The molecule has 7 heteroatoms. The first kappa shape index (κ1) is 18.7. The highest BCUT2D eigenvalue weighted by Crippen LogP contribution is 2.38. The number of benzene rings is 1. The van der Waals surface area contributed by atoms with E-state index in [9.17, 15) is 4.79 Å². The lowest BCUT2D eigenvalue weighted by atomic mass is 10.1. The molecule has 2 aromatic heterocycles. The van der Waals surface area contributed by atoms with Crippen LogP contribution >= 0.6 is 11.3 Å². The summed E-state index contributed by atoms with van der Waals surface area (Å²) < 4.78 is 15.9. The van der Waals surface area contributed by atoms with Crippen molar-refractivity contribution in [2.24, 2.45) is 0 Å². The standard InChI is InChI=1S/C20H20N2O4S/c1-24-16-9-15(10-17(25-2)19(16)26-3)20(23)22-11-13-5-4-7-21-18(13)14-6-8-27-12-14/h4-10,12H,11H2,1-3H3,(H,22,23). The van der Waals surface area contributed by atoms with Gasteiger partial charge in [0.25, 0.3) is 5.91 Å². The van der Waals surface area contributed by atoms with E-state index in [-0.39, 0.29) is 5.91 Å². The minimum Gasteiger partial charge on any atom is -0.493 e. The average Bonchev–Trinajstić information content (AvgIpc) is 3.25. The van der Waals surface area contributed by atoms with Gasteiger partial charge in [0.2, 0.25) is 5.75 Å². The molecule has 140 valence electrons. The number of pyridine rings is 1. The third-order valence-corrected chi connectivity index (χ3v) is 4.74. The number of nitrogens with one attached hydrogen (secondary N) is 1. The van der Waals surface area contributed by atoms with Gasteiger partial charge in [-0.1, -0.05) is 6.07 Å². The molecule has 0 aliphatic rings. The Morgan fingerprint density at radius 2 is 1.85 bits per heavy atom. The minimum atomic E-state index is -0.241. The fourth-order valence-corrected chi connectivity index (χ4v) is 3.37. The first-order chi connectivity index (χ1) is 13.2. The number of carbonyl (C=O) groups is 1. The van der Waals surface area contributed by atoms with E-state index in [0.29, 0.717) is 29.4 Å². The van der Waals surface area contributed by atoms with Gasteiger partial charge in [-0.05, 0) is 35.2 Å². The summed E-state index contributed by atoms with van der Waals surface area (Å²) in [7, 11) is 4.55. The normalized spacial score (nSPS) is 10.3. The summed E-state index contributed by atoms with van der Waals surface area (Å²) >= 11 is 1.61. The molecule has 0 unspecified atom stereocenters. The Bertz CT molecular complexity index is 900. The fourth-order valence-electron chi connectivity index (χ4n) is 2.73. The van der Waals surface area contributed by atoms with Crippen LogP contribution in [0.4, 0.5) is 0 Å². The molecule has 0 bridgehead atoms. The molecule has 1 amide bonds. The smallest absolute Gasteiger partial charge is 0.251 e. The Hall–Kier alpha value is -3.06. The van der Waals surface area contributed by atoms with E-state index in [1.54, 1.807) is 29.7 Å². The van der Waals surface area contributed by atoms with E-state index in [0.717, 1.165) is 16.8 Å². The molecule has 6 nitrogen and oxygen atoms in total. The Kier molecular flexibility index (Phi) is 5.93. The SMILES string of the molecule is COc1cc(C(=O)NCc2cccnc2-c2ccsc2)cc(OC)c1OC. The number of methoxy groups -OCH3 is 3. The highest BCUT2D eigenvalue weighted by atomic mass is 32.1. The van der Waals surface area contributed by atoms with Crippen LogP contribution < -0.4 is 19.5 Å². The number of ether oxygens (including phenoxy) is 3. The third kappa shape index (κ3) is 4.03. The second kappa shape index (κ2) is 8.55. The van der Waals surface area contributed by atoms with Crippen molar-refractivity contribution < 1.29 is 19.0 Å². The first-order valence-electron chi connectivity index (χ1n) is 8.22. The maximum atomic E-state index is 12.7. The van der Waals surface area contributed by atoms with E-state index < -0.39 is 0 Å².